The Morgan fingerprint density at radius 1 is 1.04 bits per heavy atom. The molecule has 1 N–H and O–H groups in total. The van der Waals surface area contributed by atoms with Gasteiger partial charge < -0.3 is 19.5 Å². The molecule has 0 aliphatic carbocycles. The van der Waals surface area contributed by atoms with Crippen LogP contribution in [0.4, 0.5) is 0 Å². The predicted molar refractivity (Wildman–Crippen MR) is 99.6 cm³/mol. The third kappa shape index (κ3) is 4.17. The van der Waals surface area contributed by atoms with Crippen molar-refractivity contribution in [3.05, 3.63) is 59.7 Å². The molecule has 1 saturated heterocycles. The molecule has 2 aromatic rings. The summed E-state index contributed by atoms with van der Waals surface area (Å²) in [4.78, 5) is 14.3. The number of aliphatic hydroxyl groups is 1. The fourth-order valence-electron chi connectivity index (χ4n) is 3.43. The minimum Gasteiger partial charge on any atom is -0.497 e. The summed E-state index contributed by atoms with van der Waals surface area (Å²) in [6.07, 6.45) is 0.531. The van der Waals surface area contributed by atoms with E-state index in [9.17, 15) is 9.90 Å². The van der Waals surface area contributed by atoms with E-state index in [0.717, 1.165) is 29.0 Å². The van der Waals surface area contributed by atoms with Gasteiger partial charge in [0.25, 0.3) is 0 Å². The number of amides is 1. The maximum Gasteiger partial charge on any atom is 0.227 e. The zero-order chi connectivity index (χ0) is 18.5. The fraction of sp³-hybridized carbons (Fsp3) is 0.381. The van der Waals surface area contributed by atoms with E-state index < -0.39 is 6.10 Å². The quantitative estimate of drug-likeness (QED) is 0.896. The van der Waals surface area contributed by atoms with Crippen LogP contribution in [0.1, 0.15) is 23.5 Å². The number of likely N-dealkylation sites (tertiary alicyclic amines) is 1. The summed E-state index contributed by atoms with van der Waals surface area (Å²) in [5, 5.41) is 10.6. The number of benzene rings is 2. The van der Waals surface area contributed by atoms with Crippen LogP contribution in [0.3, 0.4) is 0 Å². The zero-order valence-corrected chi connectivity index (χ0v) is 15.2. The third-order valence-electron chi connectivity index (χ3n) is 4.99. The van der Waals surface area contributed by atoms with E-state index in [4.69, 9.17) is 9.47 Å². The Morgan fingerprint density at radius 3 is 2.15 bits per heavy atom. The van der Waals surface area contributed by atoms with Crippen molar-refractivity contribution in [3.63, 3.8) is 0 Å². The fourth-order valence-corrected chi connectivity index (χ4v) is 3.43. The molecule has 5 nitrogen and oxygen atoms in total. The Labute approximate surface area is 154 Å². The van der Waals surface area contributed by atoms with E-state index in [2.05, 4.69) is 0 Å². The Morgan fingerprint density at radius 2 is 1.62 bits per heavy atom. The second-order valence-electron chi connectivity index (χ2n) is 6.60. The van der Waals surface area contributed by atoms with Crippen molar-refractivity contribution in [2.75, 3.05) is 27.3 Å². The topological polar surface area (TPSA) is 59.0 Å². The molecular weight excluding hydrogens is 330 g/mol. The molecule has 5 heteroatoms. The van der Waals surface area contributed by atoms with Gasteiger partial charge in [-0.15, -0.1) is 0 Å². The van der Waals surface area contributed by atoms with Crippen molar-refractivity contribution in [3.8, 4) is 11.5 Å². The van der Waals surface area contributed by atoms with Crippen molar-refractivity contribution in [2.45, 2.75) is 24.9 Å². The second-order valence-corrected chi connectivity index (χ2v) is 6.60. The molecule has 0 aromatic heterocycles. The molecule has 0 spiro atoms. The Bertz CT molecular complexity index is 727. The molecule has 0 saturated carbocycles. The molecule has 2 atom stereocenters. The lowest BCUT2D eigenvalue weighted by Gasteiger charge is -2.36. The highest BCUT2D eigenvalue weighted by Gasteiger charge is 2.31. The first-order valence-electron chi connectivity index (χ1n) is 8.83. The van der Waals surface area contributed by atoms with Gasteiger partial charge in [-0.25, -0.2) is 0 Å². The lowest BCUT2D eigenvalue weighted by atomic mass is 9.87. The van der Waals surface area contributed by atoms with E-state index in [-0.39, 0.29) is 11.8 Å². The highest BCUT2D eigenvalue weighted by atomic mass is 16.5. The maximum absolute atomic E-state index is 12.6. The van der Waals surface area contributed by atoms with Crippen LogP contribution < -0.4 is 9.47 Å². The standard InChI is InChI=1S/C21H25NO4/c1-25-17-7-3-15(4-8-17)13-21(24)22-12-11-19(20(23)14-22)16-5-9-18(26-2)10-6-16/h3-10,19-20,23H,11-14H2,1-2H3/t19-,20+/m0/s1. The van der Waals surface area contributed by atoms with Crippen LogP contribution in [0.5, 0.6) is 11.5 Å². The van der Waals surface area contributed by atoms with Crippen LogP contribution in [0.25, 0.3) is 0 Å². The highest BCUT2D eigenvalue weighted by molar-refractivity contribution is 5.79. The van der Waals surface area contributed by atoms with Gasteiger partial charge in [0.15, 0.2) is 0 Å². The summed E-state index contributed by atoms with van der Waals surface area (Å²) < 4.78 is 10.3. The van der Waals surface area contributed by atoms with E-state index in [1.54, 1.807) is 19.1 Å². The first-order valence-corrected chi connectivity index (χ1v) is 8.83. The Hall–Kier alpha value is -2.53. The molecule has 0 unspecified atom stereocenters. The van der Waals surface area contributed by atoms with Gasteiger partial charge in [-0.1, -0.05) is 24.3 Å². The van der Waals surface area contributed by atoms with Crippen LogP contribution in [-0.2, 0) is 11.2 Å². The van der Waals surface area contributed by atoms with Crippen LogP contribution in [0, 0.1) is 0 Å². The van der Waals surface area contributed by atoms with Gasteiger partial charge in [-0.2, -0.15) is 0 Å². The molecule has 138 valence electrons. The monoisotopic (exact) mass is 355 g/mol. The summed E-state index contributed by atoms with van der Waals surface area (Å²) in [5.41, 5.74) is 2.03. The molecule has 26 heavy (non-hydrogen) atoms. The van der Waals surface area contributed by atoms with Gasteiger partial charge in [0, 0.05) is 19.0 Å². The number of carbonyl (C=O) groups is 1. The number of piperidine rings is 1. The Kier molecular flexibility index (Phi) is 5.78. The molecule has 0 radical (unpaired) electrons. The summed E-state index contributed by atoms with van der Waals surface area (Å²) in [6, 6.07) is 15.3. The highest BCUT2D eigenvalue weighted by Crippen LogP contribution is 2.30. The summed E-state index contributed by atoms with van der Waals surface area (Å²) in [6.45, 7) is 1.02. The van der Waals surface area contributed by atoms with Gasteiger partial charge in [0.2, 0.25) is 5.91 Å². The van der Waals surface area contributed by atoms with E-state index >= 15 is 0 Å². The van der Waals surface area contributed by atoms with Crippen molar-refractivity contribution in [2.24, 2.45) is 0 Å². The summed E-state index contributed by atoms with van der Waals surface area (Å²) in [5.74, 6) is 1.67. The van der Waals surface area contributed by atoms with Gasteiger partial charge in [-0.05, 0) is 41.8 Å². The number of hydrogen-bond donors (Lipinski definition) is 1. The second kappa shape index (κ2) is 8.23. The number of ether oxygens (including phenoxy) is 2. The van der Waals surface area contributed by atoms with Crippen molar-refractivity contribution >= 4 is 5.91 Å². The van der Waals surface area contributed by atoms with Gasteiger partial charge in [0.05, 0.1) is 26.7 Å². The lowest BCUT2D eigenvalue weighted by Crippen LogP contribution is -2.46. The largest absolute Gasteiger partial charge is 0.497 e. The van der Waals surface area contributed by atoms with E-state index in [1.807, 2.05) is 48.5 Å². The first-order chi connectivity index (χ1) is 12.6. The van der Waals surface area contributed by atoms with Crippen LogP contribution in [0.15, 0.2) is 48.5 Å². The Balaban J connectivity index is 1.59. The molecule has 1 aliphatic rings. The van der Waals surface area contributed by atoms with E-state index in [0.29, 0.717) is 19.5 Å². The van der Waals surface area contributed by atoms with Crippen molar-refractivity contribution < 1.29 is 19.4 Å². The molecule has 1 amide bonds. The molecular formula is C21H25NO4. The molecule has 1 heterocycles. The normalized spacial score (nSPS) is 19.9. The molecule has 0 bridgehead atoms. The number of nitrogens with zero attached hydrogens (tertiary/aromatic N) is 1. The van der Waals surface area contributed by atoms with Crippen molar-refractivity contribution in [1.82, 2.24) is 4.90 Å². The third-order valence-corrected chi connectivity index (χ3v) is 4.99. The molecule has 3 rings (SSSR count). The minimum absolute atomic E-state index is 0.0439. The maximum atomic E-state index is 12.6. The first kappa shape index (κ1) is 18.3. The molecule has 1 fully saturated rings. The summed E-state index contributed by atoms with van der Waals surface area (Å²) >= 11 is 0. The summed E-state index contributed by atoms with van der Waals surface area (Å²) in [7, 11) is 3.26. The lowest BCUT2D eigenvalue weighted by molar-refractivity contribution is -0.134. The van der Waals surface area contributed by atoms with E-state index in [1.165, 1.54) is 0 Å². The van der Waals surface area contributed by atoms with Gasteiger partial charge >= 0.3 is 0 Å². The smallest absolute Gasteiger partial charge is 0.227 e. The van der Waals surface area contributed by atoms with Gasteiger partial charge in [0.1, 0.15) is 11.5 Å². The zero-order valence-electron chi connectivity index (χ0n) is 15.2. The average Bonchev–Trinajstić information content (AvgIpc) is 2.68. The van der Waals surface area contributed by atoms with Crippen LogP contribution in [0.2, 0.25) is 0 Å². The molecule has 2 aromatic carbocycles. The number of rotatable bonds is 5. The SMILES string of the molecule is COc1ccc(CC(=O)N2CC[C@@H](c3ccc(OC)cc3)[C@H](O)C2)cc1. The number of β-amino-alcohol motifs (C(OH)–C–C–N with tert-alkyl or cyclic N) is 1. The average molecular weight is 355 g/mol. The number of hydrogen-bond acceptors (Lipinski definition) is 4. The van der Waals surface area contributed by atoms with Crippen LogP contribution in [-0.4, -0.2) is 49.3 Å². The van der Waals surface area contributed by atoms with Crippen molar-refractivity contribution in [1.29, 1.82) is 0 Å². The number of aliphatic hydroxyl groups excluding tert-OH is 1. The predicted octanol–water partition coefficient (Wildman–Crippen LogP) is 2.62. The number of methoxy groups -OCH3 is 2. The van der Waals surface area contributed by atoms with Crippen LogP contribution >= 0.6 is 0 Å². The van der Waals surface area contributed by atoms with Gasteiger partial charge in [-0.3, -0.25) is 4.79 Å². The molecule has 1 aliphatic heterocycles. The minimum atomic E-state index is -0.558. The number of carbonyl (C=O) groups excluding carboxylic acids is 1.